The van der Waals surface area contributed by atoms with Crippen LogP contribution < -0.4 is 27.4 Å². The molecule has 0 aromatic heterocycles. The van der Waals surface area contributed by atoms with Crippen LogP contribution in [0.2, 0.25) is 0 Å². The summed E-state index contributed by atoms with van der Waals surface area (Å²) in [5, 5.41) is 15.7. The third-order valence-electron chi connectivity index (χ3n) is 3.48. The van der Waals surface area contributed by atoms with Gasteiger partial charge in [0.25, 0.3) is 5.91 Å². The van der Waals surface area contributed by atoms with Crippen molar-refractivity contribution in [2.45, 2.75) is 60.3 Å². The standard InChI is InChI=1S/C17H31N5O.C2H5N.2C2H6/c18-8-4-11-20-9-1-2-10-21-12-5-13-22-17(23)15-6-3-7-16(19)14-15;1-2-3;2*1-2/h3,6-7,14,20-21H,1-2,4-5,8-13,18-19H2,(H,22,23);2-3H,1H3;2*1-2H3. The lowest BCUT2D eigenvalue weighted by atomic mass is 10.2. The van der Waals surface area contributed by atoms with Gasteiger partial charge in [-0.25, -0.2) is 0 Å². The van der Waals surface area contributed by atoms with Crippen LogP contribution in [0.5, 0.6) is 0 Å². The topological polar surface area (TPSA) is 129 Å². The van der Waals surface area contributed by atoms with Crippen molar-refractivity contribution in [3.05, 3.63) is 29.8 Å². The van der Waals surface area contributed by atoms with Crippen molar-refractivity contribution in [3.8, 4) is 0 Å². The number of carbonyl (C=O) groups excluding carboxylic acids is 1. The molecule has 0 radical (unpaired) electrons. The molecule has 1 amide bonds. The number of carbonyl (C=O) groups is 1. The number of unbranched alkanes of at least 4 members (excludes halogenated alkanes) is 1. The summed E-state index contributed by atoms with van der Waals surface area (Å²) in [5.41, 5.74) is 12.3. The summed E-state index contributed by atoms with van der Waals surface area (Å²) in [6.07, 6.45) is 5.54. The lowest BCUT2D eigenvalue weighted by Gasteiger charge is -2.07. The minimum absolute atomic E-state index is 0.0687. The van der Waals surface area contributed by atoms with Crippen molar-refractivity contribution in [1.82, 2.24) is 16.0 Å². The van der Waals surface area contributed by atoms with Gasteiger partial charge in [0.2, 0.25) is 0 Å². The van der Waals surface area contributed by atoms with Crippen LogP contribution in [0.3, 0.4) is 0 Å². The highest BCUT2D eigenvalue weighted by Gasteiger charge is 2.04. The fourth-order valence-corrected chi connectivity index (χ4v) is 2.17. The molecule has 1 aromatic carbocycles. The van der Waals surface area contributed by atoms with Crippen LogP contribution in [0.4, 0.5) is 5.69 Å². The predicted octanol–water partition coefficient (Wildman–Crippen LogP) is 3.41. The molecule has 1 aromatic rings. The van der Waals surface area contributed by atoms with E-state index in [1.165, 1.54) is 12.6 Å². The zero-order valence-electron chi connectivity index (χ0n) is 20.0. The molecule has 8 N–H and O–H groups in total. The van der Waals surface area contributed by atoms with Gasteiger partial charge >= 0.3 is 0 Å². The maximum atomic E-state index is 11.9. The van der Waals surface area contributed by atoms with Gasteiger partial charge in [-0.1, -0.05) is 33.8 Å². The molecule has 7 heteroatoms. The third kappa shape index (κ3) is 24.1. The number of nitrogens with two attached hydrogens (primary N) is 2. The highest BCUT2D eigenvalue weighted by atomic mass is 16.1. The minimum atomic E-state index is -0.0687. The summed E-state index contributed by atoms with van der Waals surface area (Å²) in [4.78, 5) is 11.9. The van der Waals surface area contributed by atoms with Gasteiger partial charge in [0, 0.05) is 17.8 Å². The Labute approximate surface area is 185 Å². The number of hydrogen-bond donors (Lipinski definition) is 6. The number of hydrogen-bond acceptors (Lipinski definition) is 6. The van der Waals surface area contributed by atoms with Crippen molar-refractivity contribution in [3.63, 3.8) is 0 Å². The molecule has 0 spiro atoms. The molecule has 0 fully saturated rings. The minimum Gasteiger partial charge on any atom is -0.399 e. The molecule has 0 unspecified atom stereocenters. The molecule has 0 aliphatic carbocycles. The fourth-order valence-electron chi connectivity index (χ4n) is 2.17. The number of rotatable bonds is 13. The molecule has 0 atom stereocenters. The van der Waals surface area contributed by atoms with Gasteiger partial charge in [0.15, 0.2) is 0 Å². The summed E-state index contributed by atoms with van der Waals surface area (Å²) in [6.45, 7) is 15.1. The van der Waals surface area contributed by atoms with Crippen LogP contribution in [-0.2, 0) is 0 Å². The molecule has 0 heterocycles. The quantitative estimate of drug-likeness (QED) is 0.164. The molecular formula is C23H48N6O. The molecule has 0 aliphatic heterocycles. The van der Waals surface area contributed by atoms with Crippen LogP contribution in [0.15, 0.2) is 24.3 Å². The van der Waals surface area contributed by atoms with Crippen molar-refractivity contribution in [2.24, 2.45) is 5.73 Å². The van der Waals surface area contributed by atoms with E-state index in [9.17, 15) is 4.79 Å². The average Bonchev–Trinajstić information content (AvgIpc) is 2.77. The predicted molar refractivity (Wildman–Crippen MR) is 134 cm³/mol. The average molecular weight is 425 g/mol. The van der Waals surface area contributed by atoms with E-state index < -0.39 is 0 Å². The van der Waals surface area contributed by atoms with Crippen molar-refractivity contribution in [1.29, 1.82) is 5.41 Å². The molecule has 0 saturated heterocycles. The van der Waals surface area contributed by atoms with Crippen LogP contribution >= 0.6 is 0 Å². The highest BCUT2D eigenvalue weighted by Crippen LogP contribution is 2.05. The Morgan fingerprint density at radius 1 is 0.933 bits per heavy atom. The Kier molecular flexibility index (Phi) is 31.9. The van der Waals surface area contributed by atoms with Crippen LogP contribution in [0.25, 0.3) is 0 Å². The molecule has 0 saturated carbocycles. The monoisotopic (exact) mass is 424 g/mol. The van der Waals surface area contributed by atoms with Crippen LogP contribution in [0.1, 0.15) is 70.7 Å². The van der Waals surface area contributed by atoms with Gasteiger partial charge in [-0.3, -0.25) is 4.79 Å². The Hall–Kier alpha value is -1.96. The van der Waals surface area contributed by atoms with E-state index in [0.29, 0.717) is 17.8 Å². The van der Waals surface area contributed by atoms with E-state index in [-0.39, 0.29) is 5.91 Å². The number of nitrogens with one attached hydrogen (secondary N) is 4. The van der Waals surface area contributed by atoms with E-state index >= 15 is 0 Å². The summed E-state index contributed by atoms with van der Waals surface area (Å²) >= 11 is 0. The lowest BCUT2D eigenvalue weighted by Crippen LogP contribution is -2.28. The van der Waals surface area contributed by atoms with Gasteiger partial charge in [-0.15, -0.1) is 0 Å². The van der Waals surface area contributed by atoms with E-state index in [0.717, 1.165) is 52.0 Å². The van der Waals surface area contributed by atoms with Crippen molar-refractivity contribution in [2.75, 3.05) is 45.0 Å². The molecule has 0 aliphatic rings. The molecule has 30 heavy (non-hydrogen) atoms. The Morgan fingerprint density at radius 2 is 1.43 bits per heavy atom. The zero-order chi connectivity index (χ0) is 23.5. The second kappa shape index (κ2) is 29.2. The molecule has 1 rings (SSSR count). The number of nitrogen functional groups attached to an aromatic ring is 1. The summed E-state index contributed by atoms with van der Waals surface area (Å²) < 4.78 is 0. The number of benzene rings is 1. The number of amides is 1. The highest BCUT2D eigenvalue weighted by molar-refractivity contribution is 5.94. The Balaban J connectivity index is -0.000000926. The first kappa shape index (κ1) is 32.7. The van der Waals surface area contributed by atoms with Crippen LogP contribution in [0, 0.1) is 5.41 Å². The SMILES string of the molecule is CC.CC.CC=N.NCCCNCCCCNCCCNC(=O)c1cccc(N)c1. The van der Waals surface area contributed by atoms with Gasteiger partial charge in [-0.2, -0.15) is 0 Å². The van der Waals surface area contributed by atoms with E-state index in [2.05, 4.69) is 16.0 Å². The Morgan fingerprint density at radius 3 is 1.93 bits per heavy atom. The summed E-state index contributed by atoms with van der Waals surface area (Å²) in [7, 11) is 0. The lowest BCUT2D eigenvalue weighted by molar-refractivity contribution is 0.0953. The number of anilines is 1. The summed E-state index contributed by atoms with van der Waals surface area (Å²) in [5.74, 6) is -0.0687. The normalized spacial score (nSPS) is 9.00. The molecule has 0 bridgehead atoms. The van der Waals surface area contributed by atoms with Gasteiger partial charge in [0.1, 0.15) is 0 Å². The van der Waals surface area contributed by atoms with Gasteiger partial charge in [0.05, 0.1) is 0 Å². The molecular weight excluding hydrogens is 376 g/mol. The first-order valence-corrected chi connectivity index (χ1v) is 11.4. The fraction of sp³-hybridized carbons (Fsp3) is 0.652. The maximum Gasteiger partial charge on any atom is 0.251 e. The first-order chi connectivity index (χ1) is 14.7. The first-order valence-electron chi connectivity index (χ1n) is 11.4. The largest absolute Gasteiger partial charge is 0.399 e. The Bertz CT molecular complexity index is 483. The third-order valence-corrected chi connectivity index (χ3v) is 3.48. The molecule has 176 valence electrons. The van der Waals surface area contributed by atoms with Crippen molar-refractivity contribution >= 4 is 17.8 Å². The maximum absolute atomic E-state index is 11.9. The van der Waals surface area contributed by atoms with E-state index in [4.69, 9.17) is 16.9 Å². The van der Waals surface area contributed by atoms with E-state index in [1.807, 2.05) is 27.7 Å². The smallest absolute Gasteiger partial charge is 0.251 e. The van der Waals surface area contributed by atoms with Crippen LogP contribution in [-0.4, -0.2) is 51.4 Å². The second-order valence-corrected chi connectivity index (χ2v) is 5.87. The van der Waals surface area contributed by atoms with Crippen molar-refractivity contribution < 1.29 is 4.79 Å². The second-order valence-electron chi connectivity index (χ2n) is 5.87. The zero-order valence-corrected chi connectivity index (χ0v) is 20.0. The van der Waals surface area contributed by atoms with Gasteiger partial charge in [-0.05, 0) is 89.7 Å². The van der Waals surface area contributed by atoms with Gasteiger partial charge < -0.3 is 32.8 Å². The summed E-state index contributed by atoms with van der Waals surface area (Å²) in [6, 6.07) is 7.02. The van der Waals surface area contributed by atoms with E-state index in [1.54, 1.807) is 31.2 Å². The molecule has 7 nitrogen and oxygen atoms in total.